The van der Waals surface area contributed by atoms with Crippen molar-refractivity contribution in [3.63, 3.8) is 0 Å². The number of methoxy groups -OCH3 is 1. The van der Waals surface area contributed by atoms with Crippen LogP contribution >= 0.6 is 15.9 Å². The zero-order valence-electron chi connectivity index (χ0n) is 14.5. The van der Waals surface area contributed by atoms with Crippen LogP contribution in [0.1, 0.15) is 12.5 Å². The Hall–Kier alpha value is -3.13. The smallest absolute Gasteiger partial charge is 0.308 e. The van der Waals surface area contributed by atoms with Crippen LogP contribution in [0.2, 0.25) is 0 Å². The fraction of sp³-hybridized carbons (Fsp3) is 0.105. The molecule has 0 bridgehead atoms. The second kappa shape index (κ2) is 7.63. The Balaban J connectivity index is 2.06. The number of hydrogen-bond donors (Lipinski definition) is 1. The van der Waals surface area contributed by atoms with E-state index < -0.39 is 17.8 Å². The van der Waals surface area contributed by atoms with Crippen LogP contribution in [0.15, 0.2) is 52.5 Å². The molecular weight excluding hydrogens is 416 g/mol. The summed E-state index contributed by atoms with van der Waals surface area (Å²) in [6.07, 6.45) is 1.37. The molecule has 0 spiro atoms. The van der Waals surface area contributed by atoms with Gasteiger partial charge in [0.05, 0.1) is 12.8 Å². The first kappa shape index (κ1) is 18.7. The summed E-state index contributed by atoms with van der Waals surface area (Å²) < 4.78 is 11.1. The van der Waals surface area contributed by atoms with Gasteiger partial charge in [0.15, 0.2) is 11.5 Å². The van der Waals surface area contributed by atoms with E-state index in [4.69, 9.17) is 9.47 Å². The van der Waals surface area contributed by atoms with Crippen LogP contribution in [0.4, 0.5) is 5.69 Å². The summed E-state index contributed by atoms with van der Waals surface area (Å²) in [7, 11) is 1.43. The lowest BCUT2D eigenvalue weighted by Crippen LogP contribution is -2.35. The fourth-order valence-electron chi connectivity index (χ4n) is 2.57. The van der Waals surface area contributed by atoms with Gasteiger partial charge in [-0.1, -0.05) is 34.1 Å². The first-order chi connectivity index (χ1) is 12.9. The molecule has 0 aromatic heterocycles. The van der Waals surface area contributed by atoms with E-state index in [1.807, 2.05) is 6.07 Å². The minimum Gasteiger partial charge on any atom is -0.493 e. The fourth-order valence-corrected chi connectivity index (χ4v) is 3.03. The molecule has 1 heterocycles. The average molecular weight is 431 g/mol. The van der Waals surface area contributed by atoms with E-state index in [0.717, 1.165) is 5.01 Å². The number of esters is 1. The van der Waals surface area contributed by atoms with Crippen molar-refractivity contribution in [1.29, 1.82) is 0 Å². The molecule has 2 amide bonds. The van der Waals surface area contributed by atoms with Crippen LogP contribution in [-0.2, 0) is 14.4 Å². The Kier molecular flexibility index (Phi) is 5.27. The van der Waals surface area contributed by atoms with E-state index >= 15 is 0 Å². The summed E-state index contributed by atoms with van der Waals surface area (Å²) in [5, 5.41) is 1.16. The molecule has 1 saturated heterocycles. The SMILES string of the molecule is COc1cc(Br)cc(C=C2C(=O)NN(c3ccccc3)C2=O)c1OC(C)=O. The molecule has 3 rings (SSSR count). The van der Waals surface area contributed by atoms with Crippen LogP contribution < -0.4 is 19.9 Å². The van der Waals surface area contributed by atoms with E-state index in [1.165, 1.54) is 20.1 Å². The normalized spacial score (nSPS) is 15.1. The molecule has 8 heteroatoms. The van der Waals surface area contributed by atoms with Gasteiger partial charge in [-0.05, 0) is 30.3 Å². The van der Waals surface area contributed by atoms with Crippen molar-refractivity contribution >= 4 is 45.5 Å². The van der Waals surface area contributed by atoms with Gasteiger partial charge in [-0.25, -0.2) is 5.01 Å². The zero-order valence-corrected chi connectivity index (χ0v) is 16.1. The van der Waals surface area contributed by atoms with Gasteiger partial charge in [-0.3, -0.25) is 19.8 Å². The number of hydrogen-bond acceptors (Lipinski definition) is 5. The summed E-state index contributed by atoms with van der Waals surface area (Å²) >= 11 is 3.34. The molecule has 0 radical (unpaired) electrons. The Morgan fingerprint density at radius 3 is 2.52 bits per heavy atom. The highest BCUT2D eigenvalue weighted by atomic mass is 79.9. The van der Waals surface area contributed by atoms with Crippen molar-refractivity contribution < 1.29 is 23.9 Å². The molecular formula is C19H15BrN2O5. The lowest BCUT2D eigenvalue weighted by atomic mass is 10.1. The van der Waals surface area contributed by atoms with Crippen molar-refractivity contribution in [3.05, 3.63) is 58.1 Å². The Morgan fingerprint density at radius 2 is 1.89 bits per heavy atom. The van der Waals surface area contributed by atoms with Crippen LogP contribution in [0.3, 0.4) is 0 Å². The number of carbonyl (C=O) groups is 3. The maximum Gasteiger partial charge on any atom is 0.308 e. The number of anilines is 1. The summed E-state index contributed by atoms with van der Waals surface area (Å²) in [6, 6.07) is 12.0. The number of nitrogens with one attached hydrogen (secondary N) is 1. The number of amides is 2. The maximum absolute atomic E-state index is 12.7. The molecule has 0 saturated carbocycles. The number of hydrazine groups is 1. The molecule has 27 heavy (non-hydrogen) atoms. The molecule has 1 fully saturated rings. The number of carbonyl (C=O) groups excluding carboxylic acids is 3. The summed E-state index contributed by atoms with van der Waals surface area (Å²) in [4.78, 5) is 36.5. The second-order valence-electron chi connectivity index (χ2n) is 5.60. The average Bonchev–Trinajstić information content (AvgIpc) is 2.92. The van der Waals surface area contributed by atoms with E-state index in [1.54, 1.807) is 36.4 Å². The van der Waals surface area contributed by atoms with Crippen molar-refractivity contribution in [1.82, 2.24) is 5.43 Å². The van der Waals surface area contributed by atoms with Crippen LogP contribution in [0, 0.1) is 0 Å². The molecule has 1 aliphatic rings. The highest BCUT2D eigenvalue weighted by molar-refractivity contribution is 9.10. The van der Waals surface area contributed by atoms with Gasteiger partial charge in [-0.15, -0.1) is 0 Å². The van der Waals surface area contributed by atoms with Gasteiger partial charge in [0.2, 0.25) is 0 Å². The van der Waals surface area contributed by atoms with E-state index in [9.17, 15) is 14.4 Å². The Morgan fingerprint density at radius 1 is 1.19 bits per heavy atom. The molecule has 1 aliphatic heterocycles. The van der Waals surface area contributed by atoms with E-state index in [0.29, 0.717) is 15.7 Å². The minimum atomic E-state index is -0.559. The molecule has 138 valence electrons. The number of rotatable bonds is 4. The van der Waals surface area contributed by atoms with E-state index in [-0.39, 0.29) is 17.1 Å². The molecule has 1 N–H and O–H groups in total. The summed E-state index contributed by atoms with van der Waals surface area (Å²) in [5.41, 5.74) is 3.31. The van der Waals surface area contributed by atoms with Crippen molar-refractivity contribution in [2.45, 2.75) is 6.92 Å². The van der Waals surface area contributed by atoms with Gasteiger partial charge in [-0.2, -0.15) is 0 Å². The zero-order chi connectivity index (χ0) is 19.6. The van der Waals surface area contributed by atoms with Gasteiger partial charge < -0.3 is 9.47 Å². The van der Waals surface area contributed by atoms with Gasteiger partial charge in [0.25, 0.3) is 11.8 Å². The lowest BCUT2D eigenvalue weighted by molar-refractivity contribution is -0.132. The summed E-state index contributed by atoms with van der Waals surface area (Å²) in [6.45, 7) is 1.25. The molecule has 0 unspecified atom stereocenters. The quantitative estimate of drug-likeness (QED) is 0.348. The topological polar surface area (TPSA) is 84.9 Å². The minimum absolute atomic E-state index is 0.0904. The first-order valence-corrected chi connectivity index (χ1v) is 8.68. The number of nitrogens with zero attached hydrogens (tertiary/aromatic N) is 1. The number of halogens is 1. The number of ether oxygens (including phenoxy) is 2. The van der Waals surface area contributed by atoms with Crippen LogP contribution in [0.25, 0.3) is 6.08 Å². The van der Waals surface area contributed by atoms with Crippen molar-refractivity contribution in [3.8, 4) is 11.5 Å². The highest BCUT2D eigenvalue weighted by Gasteiger charge is 2.34. The third kappa shape index (κ3) is 3.85. The second-order valence-corrected chi connectivity index (χ2v) is 6.51. The third-order valence-electron chi connectivity index (χ3n) is 3.72. The summed E-state index contributed by atoms with van der Waals surface area (Å²) in [5.74, 6) is -1.21. The molecule has 2 aromatic rings. The predicted molar refractivity (Wildman–Crippen MR) is 102 cm³/mol. The monoisotopic (exact) mass is 430 g/mol. The molecule has 0 atom stereocenters. The van der Waals surface area contributed by atoms with Gasteiger partial charge in [0.1, 0.15) is 5.57 Å². The predicted octanol–water partition coefficient (Wildman–Crippen LogP) is 2.84. The standard InChI is InChI=1S/C19H15BrN2O5/c1-11(23)27-17-12(8-13(20)10-16(17)26-2)9-15-18(24)21-22(19(15)25)14-6-4-3-5-7-14/h3-10H,1-2H3,(H,21,24). The molecule has 0 aliphatic carbocycles. The molecule has 2 aromatic carbocycles. The number of benzene rings is 2. The molecule has 7 nitrogen and oxygen atoms in total. The van der Waals surface area contributed by atoms with Crippen molar-refractivity contribution in [2.24, 2.45) is 0 Å². The maximum atomic E-state index is 12.7. The highest BCUT2D eigenvalue weighted by Crippen LogP contribution is 2.37. The first-order valence-electron chi connectivity index (χ1n) is 7.89. The third-order valence-corrected chi connectivity index (χ3v) is 4.18. The van der Waals surface area contributed by atoms with E-state index in [2.05, 4.69) is 21.4 Å². The van der Waals surface area contributed by atoms with Gasteiger partial charge >= 0.3 is 5.97 Å². The largest absolute Gasteiger partial charge is 0.493 e. The Bertz CT molecular complexity index is 956. The van der Waals surface area contributed by atoms with Crippen LogP contribution in [-0.4, -0.2) is 24.9 Å². The van der Waals surface area contributed by atoms with Gasteiger partial charge in [0, 0.05) is 17.0 Å². The lowest BCUT2D eigenvalue weighted by Gasteiger charge is -2.14. The Labute approximate surface area is 163 Å². The number of para-hydroxylation sites is 1. The van der Waals surface area contributed by atoms with Crippen LogP contribution in [0.5, 0.6) is 11.5 Å². The van der Waals surface area contributed by atoms with Crippen molar-refractivity contribution in [2.75, 3.05) is 12.1 Å².